The van der Waals surface area contributed by atoms with Crippen molar-refractivity contribution >= 4 is 40.6 Å². The molecule has 4 rings (SSSR count). The van der Waals surface area contributed by atoms with Gasteiger partial charge in [-0.2, -0.15) is 0 Å². The van der Waals surface area contributed by atoms with Crippen LogP contribution in [0.3, 0.4) is 0 Å². The summed E-state index contributed by atoms with van der Waals surface area (Å²) in [5.41, 5.74) is 2.72. The van der Waals surface area contributed by atoms with E-state index in [1.54, 1.807) is 60.7 Å². The monoisotopic (exact) mass is 526 g/mol. The summed E-state index contributed by atoms with van der Waals surface area (Å²) < 4.78 is 30.9. The fourth-order valence-corrected chi connectivity index (χ4v) is 4.20. The molecular formula is C27H24ClFN2O4S. The van der Waals surface area contributed by atoms with Crippen molar-refractivity contribution in [1.82, 2.24) is 10.6 Å². The van der Waals surface area contributed by atoms with Gasteiger partial charge in [-0.15, -0.1) is 0 Å². The normalized spacial score (nSPS) is 15.1. The molecule has 0 spiro atoms. The van der Waals surface area contributed by atoms with Crippen LogP contribution in [0.15, 0.2) is 72.3 Å². The molecule has 3 aromatic rings. The SMILES string of the molecule is CCOc1cc([C@@H]2NC(=S)NC(c3ccc(Cl)cc3)=C2C(=O)OC)ccc1OCc1ccccc1F. The second-order valence-corrected chi connectivity index (χ2v) is 8.68. The molecule has 0 fully saturated rings. The molecule has 1 aliphatic rings. The van der Waals surface area contributed by atoms with Gasteiger partial charge >= 0.3 is 5.97 Å². The van der Waals surface area contributed by atoms with E-state index < -0.39 is 12.0 Å². The summed E-state index contributed by atoms with van der Waals surface area (Å²) in [5, 5.41) is 7.14. The minimum absolute atomic E-state index is 0.0375. The average Bonchev–Trinajstić information content (AvgIpc) is 2.88. The van der Waals surface area contributed by atoms with Gasteiger partial charge in [0, 0.05) is 10.6 Å². The van der Waals surface area contributed by atoms with E-state index in [4.69, 9.17) is 38.0 Å². The number of halogens is 2. The third kappa shape index (κ3) is 5.61. The number of hydrogen-bond acceptors (Lipinski definition) is 5. The van der Waals surface area contributed by atoms with Crippen molar-refractivity contribution in [3.05, 3.63) is 99.8 Å². The molecule has 6 nitrogen and oxygen atoms in total. The van der Waals surface area contributed by atoms with Crippen LogP contribution in [0.4, 0.5) is 4.39 Å². The molecule has 2 N–H and O–H groups in total. The number of methoxy groups -OCH3 is 1. The van der Waals surface area contributed by atoms with Gasteiger partial charge in [0.2, 0.25) is 0 Å². The van der Waals surface area contributed by atoms with Gasteiger partial charge in [-0.3, -0.25) is 0 Å². The molecule has 0 saturated carbocycles. The highest BCUT2D eigenvalue weighted by Gasteiger charge is 2.33. The van der Waals surface area contributed by atoms with Crippen molar-refractivity contribution < 1.29 is 23.4 Å². The highest BCUT2D eigenvalue weighted by molar-refractivity contribution is 7.80. The first-order chi connectivity index (χ1) is 17.4. The van der Waals surface area contributed by atoms with Gasteiger partial charge in [-0.1, -0.05) is 48.0 Å². The number of esters is 1. The zero-order chi connectivity index (χ0) is 25.7. The predicted octanol–water partition coefficient (Wildman–Crippen LogP) is 5.56. The van der Waals surface area contributed by atoms with E-state index in [1.165, 1.54) is 13.2 Å². The molecule has 3 aromatic carbocycles. The maximum absolute atomic E-state index is 14.0. The minimum atomic E-state index is -0.628. The van der Waals surface area contributed by atoms with E-state index in [0.717, 1.165) is 5.56 Å². The second-order valence-electron chi connectivity index (χ2n) is 7.84. The Labute approximate surface area is 219 Å². The largest absolute Gasteiger partial charge is 0.490 e. The van der Waals surface area contributed by atoms with Crippen LogP contribution in [0.5, 0.6) is 11.5 Å². The zero-order valence-electron chi connectivity index (χ0n) is 19.6. The first kappa shape index (κ1) is 25.5. The van der Waals surface area contributed by atoms with Gasteiger partial charge in [0.05, 0.1) is 31.0 Å². The number of carbonyl (C=O) groups is 1. The summed E-state index contributed by atoms with van der Waals surface area (Å²) in [6, 6.07) is 18.1. The van der Waals surface area contributed by atoms with Crippen LogP contribution in [-0.4, -0.2) is 24.8 Å². The third-order valence-electron chi connectivity index (χ3n) is 5.55. The number of nitrogens with one attached hydrogen (secondary N) is 2. The van der Waals surface area contributed by atoms with Crippen molar-refractivity contribution in [1.29, 1.82) is 0 Å². The fourth-order valence-electron chi connectivity index (χ4n) is 3.85. The molecule has 0 aliphatic carbocycles. The van der Waals surface area contributed by atoms with Gasteiger partial charge in [0.1, 0.15) is 12.4 Å². The molecule has 1 heterocycles. The van der Waals surface area contributed by atoms with Crippen LogP contribution < -0.4 is 20.1 Å². The summed E-state index contributed by atoms with van der Waals surface area (Å²) in [6.07, 6.45) is 0. The van der Waals surface area contributed by atoms with Crippen LogP contribution >= 0.6 is 23.8 Å². The van der Waals surface area contributed by atoms with Gasteiger partial charge in [0.25, 0.3) is 0 Å². The topological polar surface area (TPSA) is 68.8 Å². The molecule has 0 bridgehead atoms. The highest BCUT2D eigenvalue weighted by atomic mass is 35.5. The van der Waals surface area contributed by atoms with Crippen LogP contribution in [0.1, 0.15) is 29.7 Å². The average molecular weight is 527 g/mol. The maximum atomic E-state index is 14.0. The van der Waals surface area contributed by atoms with E-state index in [9.17, 15) is 9.18 Å². The van der Waals surface area contributed by atoms with Gasteiger partial charge < -0.3 is 24.8 Å². The lowest BCUT2D eigenvalue weighted by Gasteiger charge is -2.31. The number of thiocarbonyl (C=S) groups is 1. The Morgan fingerprint density at radius 2 is 1.81 bits per heavy atom. The standard InChI is InChI=1S/C27H24ClFN2O4S/c1-3-34-22-14-17(10-13-21(22)35-15-18-6-4-5-7-20(18)29)25-23(26(32)33-2)24(30-27(36)31-25)16-8-11-19(28)12-9-16/h4-14,25H,3,15H2,1-2H3,(H2,30,31,36)/t25-/m0/s1. The van der Waals surface area contributed by atoms with Gasteiger partial charge in [-0.25, -0.2) is 9.18 Å². The van der Waals surface area contributed by atoms with E-state index in [0.29, 0.717) is 50.6 Å². The lowest BCUT2D eigenvalue weighted by molar-refractivity contribution is -0.136. The van der Waals surface area contributed by atoms with E-state index in [1.807, 2.05) is 6.92 Å². The molecule has 186 valence electrons. The molecule has 9 heteroatoms. The van der Waals surface area contributed by atoms with Crippen molar-refractivity contribution in [2.45, 2.75) is 19.6 Å². The summed E-state index contributed by atoms with van der Waals surface area (Å²) in [6.45, 7) is 2.27. The Balaban J connectivity index is 1.73. The third-order valence-corrected chi connectivity index (χ3v) is 6.02. The lowest BCUT2D eigenvalue weighted by atomic mass is 9.92. The number of ether oxygens (including phenoxy) is 3. The minimum Gasteiger partial charge on any atom is -0.490 e. The fraction of sp³-hybridized carbons (Fsp3) is 0.185. The molecule has 0 aromatic heterocycles. The van der Waals surface area contributed by atoms with E-state index in [-0.39, 0.29) is 12.4 Å². The molecule has 1 aliphatic heterocycles. The van der Waals surface area contributed by atoms with Crippen molar-refractivity contribution in [3.63, 3.8) is 0 Å². The lowest BCUT2D eigenvalue weighted by Crippen LogP contribution is -2.45. The number of benzene rings is 3. The molecule has 0 radical (unpaired) electrons. The summed E-state index contributed by atoms with van der Waals surface area (Å²) in [4.78, 5) is 13.0. The highest BCUT2D eigenvalue weighted by Crippen LogP contribution is 2.37. The first-order valence-corrected chi connectivity index (χ1v) is 12.0. The number of rotatable bonds is 8. The molecule has 0 unspecified atom stereocenters. The van der Waals surface area contributed by atoms with E-state index in [2.05, 4.69) is 10.6 Å². The first-order valence-electron chi connectivity index (χ1n) is 11.2. The second kappa shape index (κ2) is 11.4. The van der Waals surface area contributed by atoms with Gasteiger partial charge in [0.15, 0.2) is 16.6 Å². The van der Waals surface area contributed by atoms with E-state index >= 15 is 0 Å². The van der Waals surface area contributed by atoms with Crippen molar-refractivity contribution in [2.75, 3.05) is 13.7 Å². The Kier molecular flexibility index (Phi) is 8.07. The molecule has 36 heavy (non-hydrogen) atoms. The molecule has 0 amide bonds. The smallest absolute Gasteiger partial charge is 0.338 e. The van der Waals surface area contributed by atoms with Crippen molar-refractivity contribution in [2.24, 2.45) is 0 Å². The Morgan fingerprint density at radius 3 is 2.50 bits per heavy atom. The molecule has 0 saturated heterocycles. The van der Waals surface area contributed by atoms with Crippen LogP contribution in [0, 0.1) is 5.82 Å². The summed E-state index contributed by atoms with van der Waals surface area (Å²) >= 11 is 11.5. The molecule has 1 atom stereocenters. The van der Waals surface area contributed by atoms with Crippen LogP contribution in [0.25, 0.3) is 5.70 Å². The quantitative estimate of drug-likeness (QED) is 0.294. The van der Waals surface area contributed by atoms with Gasteiger partial charge in [-0.05, 0) is 60.6 Å². The number of carbonyl (C=O) groups excluding carboxylic acids is 1. The summed E-state index contributed by atoms with van der Waals surface area (Å²) in [7, 11) is 1.32. The van der Waals surface area contributed by atoms with Crippen molar-refractivity contribution in [3.8, 4) is 11.5 Å². The molecular weight excluding hydrogens is 503 g/mol. The predicted molar refractivity (Wildman–Crippen MR) is 140 cm³/mol. The Morgan fingerprint density at radius 1 is 1.06 bits per heavy atom. The van der Waals surface area contributed by atoms with Crippen LogP contribution in [0.2, 0.25) is 5.02 Å². The Hall–Kier alpha value is -3.62. The zero-order valence-corrected chi connectivity index (χ0v) is 21.2. The Bertz CT molecular complexity index is 1310. The van der Waals surface area contributed by atoms with Crippen LogP contribution in [-0.2, 0) is 16.1 Å². The maximum Gasteiger partial charge on any atom is 0.338 e. The summed E-state index contributed by atoms with van der Waals surface area (Å²) in [5.74, 6) is 0.0316. The number of hydrogen-bond donors (Lipinski definition) is 2.